The van der Waals surface area contributed by atoms with Gasteiger partial charge in [-0.15, -0.1) is 0 Å². The Hall–Kier alpha value is -1.52. The van der Waals surface area contributed by atoms with E-state index in [1.807, 2.05) is 0 Å². The van der Waals surface area contributed by atoms with Crippen LogP contribution in [0.5, 0.6) is 5.88 Å². The topological polar surface area (TPSA) is 73.1 Å². The second-order valence-electron chi connectivity index (χ2n) is 3.45. The van der Waals surface area contributed by atoms with E-state index in [1.165, 1.54) is 12.8 Å². The summed E-state index contributed by atoms with van der Waals surface area (Å²) in [4.78, 5) is 7.96. The molecule has 2 rings (SSSR count). The van der Waals surface area contributed by atoms with Gasteiger partial charge in [0, 0.05) is 13.1 Å². The molecule has 0 radical (unpaired) electrons. The van der Waals surface area contributed by atoms with Gasteiger partial charge in [-0.1, -0.05) is 0 Å². The molecule has 3 N–H and O–H groups in total. The molecule has 0 amide bonds. The number of rotatable bonds is 4. The summed E-state index contributed by atoms with van der Waals surface area (Å²) in [6.45, 7) is 0.736. The lowest BCUT2D eigenvalue weighted by Crippen LogP contribution is -2.05. The molecule has 1 aromatic rings. The van der Waals surface area contributed by atoms with Crippen molar-refractivity contribution in [2.24, 2.45) is 5.92 Å². The van der Waals surface area contributed by atoms with Crippen LogP contribution in [0, 0.1) is 5.92 Å². The van der Waals surface area contributed by atoms with E-state index in [0.717, 1.165) is 6.61 Å². The van der Waals surface area contributed by atoms with Crippen molar-refractivity contribution in [2.75, 3.05) is 24.7 Å². The number of aromatic nitrogens is 2. The van der Waals surface area contributed by atoms with Crippen molar-refractivity contribution in [3.63, 3.8) is 0 Å². The Bertz CT molecular complexity index is 325. The Morgan fingerprint density at radius 3 is 3.00 bits per heavy atom. The molecule has 5 heteroatoms. The molecule has 0 spiro atoms. The molecule has 1 saturated carbocycles. The van der Waals surface area contributed by atoms with Crippen molar-refractivity contribution in [3.05, 3.63) is 6.07 Å². The van der Waals surface area contributed by atoms with Crippen LogP contribution in [0.25, 0.3) is 0 Å². The van der Waals surface area contributed by atoms with Gasteiger partial charge < -0.3 is 15.8 Å². The predicted molar refractivity (Wildman–Crippen MR) is 54.2 cm³/mol. The van der Waals surface area contributed by atoms with E-state index in [0.29, 0.717) is 17.6 Å². The number of ether oxygens (including phenoxy) is 1. The maximum absolute atomic E-state index is 5.51. The quantitative estimate of drug-likeness (QED) is 0.744. The maximum Gasteiger partial charge on any atom is 0.225 e. The molecular weight excluding hydrogens is 180 g/mol. The Balaban J connectivity index is 2.03. The average Bonchev–Trinajstić information content (AvgIpc) is 2.97. The number of nitrogens with one attached hydrogen (secondary N) is 1. The first kappa shape index (κ1) is 9.05. The highest BCUT2D eigenvalue weighted by atomic mass is 16.5. The van der Waals surface area contributed by atoms with E-state index in [2.05, 4.69) is 15.3 Å². The maximum atomic E-state index is 5.51. The lowest BCUT2D eigenvalue weighted by Gasteiger charge is -2.06. The molecule has 5 nitrogen and oxygen atoms in total. The minimum absolute atomic E-state index is 0.239. The van der Waals surface area contributed by atoms with Gasteiger partial charge in [-0.2, -0.15) is 9.97 Å². The monoisotopic (exact) mass is 194 g/mol. The van der Waals surface area contributed by atoms with E-state index in [4.69, 9.17) is 10.5 Å². The van der Waals surface area contributed by atoms with Crippen molar-refractivity contribution in [3.8, 4) is 5.88 Å². The van der Waals surface area contributed by atoms with Crippen LogP contribution in [0.15, 0.2) is 6.07 Å². The highest BCUT2D eigenvalue weighted by molar-refractivity contribution is 5.42. The molecule has 1 aromatic heterocycles. The number of nitrogens with zero attached hydrogens (tertiary/aromatic N) is 2. The van der Waals surface area contributed by atoms with Crippen molar-refractivity contribution in [1.82, 2.24) is 9.97 Å². The molecule has 76 valence electrons. The Labute approximate surface area is 82.7 Å². The summed E-state index contributed by atoms with van der Waals surface area (Å²) in [6.07, 6.45) is 2.53. The summed E-state index contributed by atoms with van der Waals surface area (Å²) in [7, 11) is 1.78. The second-order valence-corrected chi connectivity index (χ2v) is 3.45. The summed E-state index contributed by atoms with van der Waals surface area (Å²) < 4.78 is 5.48. The second kappa shape index (κ2) is 3.69. The van der Waals surface area contributed by atoms with Crippen LogP contribution in [0.3, 0.4) is 0 Å². The first-order valence-corrected chi connectivity index (χ1v) is 4.73. The first-order chi connectivity index (χ1) is 6.78. The Kier molecular flexibility index (Phi) is 2.39. The molecule has 1 aliphatic rings. The lowest BCUT2D eigenvalue weighted by molar-refractivity contribution is 0.288. The van der Waals surface area contributed by atoms with Gasteiger partial charge in [-0.3, -0.25) is 0 Å². The summed E-state index contributed by atoms with van der Waals surface area (Å²) in [5.74, 6) is 2.18. The highest BCUT2D eigenvalue weighted by Crippen LogP contribution is 2.29. The average molecular weight is 194 g/mol. The number of anilines is 2. The van der Waals surface area contributed by atoms with Crippen LogP contribution in [0.2, 0.25) is 0 Å². The zero-order valence-electron chi connectivity index (χ0n) is 8.16. The van der Waals surface area contributed by atoms with Crippen LogP contribution in [-0.4, -0.2) is 23.6 Å². The summed E-state index contributed by atoms with van der Waals surface area (Å²) in [5.41, 5.74) is 5.51. The normalized spacial score (nSPS) is 15.2. The van der Waals surface area contributed by atoms with Gasteiger partial charge in [-0.25, -0.2) is 0 Å². The standard InChI is InChI=1S/C9H14N4O/c1-11-7-4-8(13-9(10)12-7)14-5-6-2-3-6/h4,6H,2-3,5H2,1H3,(H3,10,11,12,13). The molecule has 0 aliphatic heterocycles. The van der Waals surface area contributed by atoms with Gasteiger partial charge in [-0.05, 0) is 18.8 Å². The molecule has 0 aromatic carbocycles. The van der Waals surface area contributed by atoms with Gasteiger partial charge >= 0.3 is 0 Å². The minimum Gasteiger partial charge on any atom is -0.477 e. The molecule has 1 aliphatic carbocycles. The smallest absolute Gasteiger partial charge is 0.225 e. The first-order valence-electron chi connectivity index (χ1n) is 4.73. The van der Waals surface area contributed by atoms with E-state index in [-0.39, 0.29) is 5.95 Å². The fraction of sp³-hybridized carbons (Fsp3) is 0.556. The zero-order chi connectivity index (χ0) is 9.97. The van der Waals surface area contributed by atoms with Crippen molar-refractivity contribution in [1.29, 1.82) is 0 Å². The van der Waals surface area contributed by atoms with Gasteiger partial charge in [0.15, 0.2) is 0 Å². The third-order valence-corrected chi connectivity index (χ3v) is 2.14. The summed E-state index contributed by atoms with van der Waals surface area (Å²) in [5, 5.41) is 2.90. The lowest BCUT2D eigenvalue weighted by atomic mass is 10.5. The summed E-state index contributed by atoms with van der Waals surface area (Å²) >= 11 is 0. The third-order valence-electron chi connectivity index (χ3n) is 2.14. The number of nitrogens with two attached hydrogens (primary N) is 1. The summed E-state index contributed by atoms with van der Waals surface area (Å²) in [6, 6.07) is 1.75. The van der Waals surface area contributed by atoms with E-state index >= 15 is 0 Å². The molecule has 0 atom stereocenters. The Morgan fingerprint density at radius 1 is 1.57 bits per heavy atom. The van der Waals surface area contributed by atoms with Crippen LogP contribution in [0.4, 0.5) is 11.8 Å². The van der Waals surface area contributed by atoms with Crippen LogP contribution < -0.4 is 15.8 Å². The van der Waals surface area contributed by atoms with Gasteiger partial charge in [0.05, 0.1) is 6.61 Å². The fourth-order valence-corrected chi connectivity index (χ4v) is 1.13. The molecule has 0 unspecified atom stereocenters. The largest absolute Gasteiger partial charge is 0.477 e. The number of nitrogen functional groups attached to an aromatic ring is 1. The van der Waals surface area contributed by atoms with Gasteiger partial charge in [0.25, 0.3) is 0 Å². The Morgan fingerprint density at radius 2 is 2.36 bits per heavy atom. The van der Waals surface area contributed by atoms with Gasteiger partial charge in [0.2, 0.25) is 11.8 Å². The fourth-order valence-electron chi connectivity index (χ4n) is 1.13. The highest BCUT2D eigenvalue weighted by Gasteiger charge is 2.22. The number of hydrogen-bond acceptors (Lipinski definition) is 5. The molecule has 1 fully saturated rings. The van der Waals surface area contributed by atoms with Crippen molar-refractivity contribution >= 4 is 11.8 Å². The van der Waals surface area contributed by atoms with Gasteiger partial charge in [0.1, 0.15) is 5.82 Å². The zero-order valence-corrected chi connectivity index (χ0v) is 8.16. The van der Waals surface area contributed by atoms with Crippen molar-refractivity contribution in [2.45, 2.75) is 12.8 Å². The van der Waals surface area contributed by atoms with Crippen LogP contribution in [0.1, 0.15) is 12.8 Å². The SMILES string of the molecule is CNc1cc(OCC2CC2)nc(N)n1. The number of hydrogen-bond donors (Lipinski definition) is 2. The molecule has 0 saturated heterocycles. The van der Waals surface area contributed by atoms with E-state index < -0.39 is 0 Å². The minimum atomic E-state index is 0.239. The molecule has 0 bridgehead atoms. The van der Waals surface area contributed by atoms with Crippen LogP contribution >= 0.6 is 0 Å². The molecular formula is C9H14N4O. The van der Waals surface area contributed by atoms with Crippen LogP contribution in [-0.2, 0) is 0 Å². The van der Waals surface area contributed by atoms with E-state index in [9.17, 15) is 0 Å². The molecule has 1 heterocycles. The molecule has 14 heavy (non-hydrogen) atoms. The predicted octanol–water partition coefficient (Wildman–Crippen LogP) is 0.889. The third kappa shape index (κ3) is 2.25. The van der Waals surface area contributed by atoms with Crippen molar-refractivity contribution < 1.29 is 4.74 Å². The van der Waals surface area contributed by atoms with E-state index in [1.54, 1.807) is 13.1 Å².